The highest BCUT2D eigenvalue weighted by atomic mass is 32.2. The van der Waals surface area contributed by atoms with E-state index in [1.807, 2.05) is 13.0 Å². The summed E-state index contributed by atoms with van der Waals surface area (Å²) in [4.78, 5) is 11.8. The van der Waals surface area contributed by atoms with Crippen LogP contribution in [0, 0.1) is 18.7 Å². The Hall–Kier alpha value is -2.45. The van der Waals surface area contributed by atoms with Crippen LogP contribution in [-0.2, 0) is 14.8 Å². The minimum atomic E-state index is -3.68. The van der Waals surface area contributed by atoms with Gasteiger partial charge in [-0.15, -0.1) is 0 Å². The highest BCUT2D eigenvalue weighted by molar-refractivity contribution is 7.89. The predicted molar refractivity (Wildman–Crippen MR) is 103 cm³/mol. The lowest BCUT2D eigenvalue weighted by molar-refractivity contribution is -0.120. The summed E-state index contributed by atoms with van der Waals surface area (Å²) in [5.41, 5.74) is 6.22. The molecule has 3 rings (SSSR count). The second-order valence-electron chi connectivity index (χ2n) is 7.01. The fraction of sp³-hybridized carbons (Fsp3) is 0.350. The van der Waals surface area contributed by atoms with E-state index in [2.05, 4.69) is 0 Å². The molecule has 28 heavy (non-hydrogen) atoms. The van der Waals surface area contributed by atoms with Crippen LogP contribution in [0.3, 0.4) is 0 Å². The Morgan fingerprint density at radius 1 is 1.25 bits per heavy atom. The molecule has 150 valence electrons. The maximum atomic E-state index is 13.1. The van der Waals surface area contributed by atoms with Crippen LogP contribution in [0.1, 0.15) is 18.4 Å². The van der Waals surface area contributed by atoms with Crippen molar-refractivity contribution < 1.29 is 22.3 Å². The van der Waals surface area contributed by atoms with Gasteiger partial charge in [-0.1, -0.05) is 12.1 Å². The van der Waals surface area contributed by atoms with Gasteiger partial charge in [0.05, 0.1) is 4.90 Å². The van der Waals surface area contributed by atoms with Crippen molar-refractivity contribution in [3.8, 4) is 5.75 Å². The predicted octanol–water partition coefficient (Wildman–Crippen LogP) is 2.47. The molecule has 1 aliphatic rings. The van der Waals surface area contributed by atoms with Gasteiger partial charge in [-0.25, -0.2) is 12.8 Å². The number of aryl methyl sites for hydroxylation is 1. The van der Waals surface area contributed by atoms with Gasteiger partial charge in [0.25, 0.3) is 0 Å². The molecule has 1 fully saturated rings. The smallest absolute Gasteiger partial charge is 0.243 e. The number of halogens is 1. The Balaban J connectivity index is 1.79. The fourth-order valence-electron chi connectivity index (χ4n) is 3.42. The monoisotopic (exact) mass is 406 g/mol. The summed E-state index contributed by atoms with van der Waals surface area (Å²) in [7, 11) is -3.68. The highest BCUT2D eigenvalue weighted by Gasteiger charge is 2.37. The first-order valence-electron chi connectivity index (χ1n) is 9.03. The van der Waals surface area contributed by atoms with Gasteiger partial charge in [0.2, 0.25) is 15.9 Å². The van der Waals surface area contributed by atoms with Crippen molar-refractivity contribution in [2.75, 3.05) is 13.1 Å². The molecule has 0 unspecified atom stereocenters. The number of hydrogen-bond donors (Lipinski definition) is 1. The summed E-state index contributed by atoms with van der Waals surface area (Å²) >= 11 is 0. The Labute approximate surface area is 164 Å². The van der Waals surface area contributed by atoms with E-state index in [0.29, 0.717) is 12.2 Å². The summed E-state index contributed by atoms with van der Waals surface area (Å²) in [5.74, 6) is -0.820. The van der Waals surface area contributed by atoms with E-state index in [1.54, 1.807) is 18.2 Å². The van der Waals surface area contributed by atoms with Crippen molar-refractivity contribution in [3.05, 3.63) is 59.9 Å². The molecule has 2 aromatic rings. The van der Waals surface area contributed by atoms with Crippen molar-refractivity contribution in [3.63, 3.8) is 0 Å². The molecule has 2 aromatic carbocycles. The second kappa shape index (κ2) is 8.28. The second-order valence-corrected chi connectivity index (χ2v) is 8.95. The third kappa shape index (κ3) is 4.69. The van der Waals surface area contributed by atoms with E-state index >= 15 is 0 Å². The minimum absolute atomic E-state index is 0.00565. The Morgan fingerprint density at radius 3 is 2.61 bits per heavy atom. The van der Waals surface area contributed by atoms with E-state index in [1.165, 1.54) is 28.6 Å². The van der Waals surface area contributed by atoms with Crippen molar-refractivity contribution >= 4 is 15.9 Å². The average molecular weight is 406 g/mol. The maximum Gasteiger partial charge on any atom is 0.243 e. The summed E-state index contributed by atoms with van der Waals surface area (Å²) in [6.07, 6.45) is 0.0217. The van der Waals surface area contributed by atoms with Gasteiger partial charge in [-0.05, 0) is 55.3 Å². The molecule has 1 aliphatic heterocycles. The normalized spacial score (nSPS) is 20.6. The van der Waals surface area contributed by atoms with Crippen molar-refractivity contribution in [2.45, 2.75) is 30.8 Å². The molecule has 0 aliphatic carbocycles. The van der Waals surface area contributed by atoms with Gasteiger partial charge >= 0.3 is 0 Å². The number of hydrogen-bond acceptors (Lipinski definition) is 4. The van der Waals surface area contributed by atoms with Gasteiger partial charge in [-0.2, -0.15) is 4.31 Å². The average Bonchev–Trinajstić information content (AvgIpc) is 2.64. The molecule has 2 atom stereocenters. The topological polar surface area (TPSA) is 89.7 Å². The third-order valence-electron chi connectivity index (χ3n) is 4.82. The number of piperidine rings is 1. The third-order valence-corrected chi connectivity index (χ3v) is 6.68. The first-order chi connectivity index (χ1) is 13.3. The summed E-state index contributed by atoms with van der Waals surface area (Å²) in [6.45, 7) is 2.22. The number of carbonyl (C=O) groups excluding carboxylic acids is 1. The molecule has 1 amide bonds. The molecule has 8 heteroatoms. The number of nitrogens with zero attached hydrogens (tertiary/aromatic N) is 1. The number of rotatable bonds is 6. The first kappa shape index (κ1) is 20.3. The van der Waals surface area contributed by atoms with Crippen LogP contribution in [0.2, 0.25) is 0 Å². The van der Waals surface area contributed by atoms with E-state index in [0.717, 1.165) is 5.56 Å². The maximum absolute atomic E-state index is 13.1. The molecule has 1 heterocycles. The lowest BCUT2D eigenvalue weighted by Gasteiger charge is -2.37. The lowest BCUT2D eigenvalue weighted by Crippen LogP contribution is -2.48. The van der Waals surface area contributed by atoms with Crippen molar-refractivity contribution in [1.29, 1.82) is 0 Å². The molecule has 1 saturated heterocycles. The number of sulfonamides is 1. The molecular formula is C20H23FN2O4S. The van der Waals surface area contributed by atoms with Crippen LogP contribution in [-0.4, -0.2) is 37.8 Å². The Kier molecular flexibility index (Phi) is 6.00. The molecule has 0 bridgehead atoms. The number of primary amides is 1. The summed E-state index contributed by atoms with van der Waals surface area (Å²) in [5, 5.41) is 0. The zero-order valence-corrected chi connectivity index (χ0v) is 16.4. The van der Waals surface area contributed by atoms with E-state index < -0.39 is 21.8 Å². The molecule has 0 saturated carbocycles. The van der Waals surface area contributed by atoms with Crippen LogP contribution >= 0.6 is 0 Å². The van der Waals surface area contributed by atoms with E-state index in [-0.39, 0.29) is 36.3 Å². The fourth-order valence-corrected chi connectivity index (χ4v) is 5.04. The molecule has 0 radical (unpaired) electrons. The van der Waals surface area contributed by atoms with Gasteiger partial charge in [-0.3, -0.25) is 4.79 Å². The van der Waals surface area contributed by atoms with E-state index in [4.69, 9.17) is 10.5 Å². The number of amides is 1. The highest BCUT2D eigenvalue weighted by Crippen LogP contribution is 2.29. The van der Waals surface area contributed by atoms with Gasteiger partial charge in [0, 0.05) is 25.4 Å². The zero-order chi connectivity index (χ0) is 20.3. The Bertz CT molecular complexity index is 947. The van der Waals surface area contributed by atoms with Crippen LogP contribution in [0.25, 0.3) is 0 Å². The number of carbonyl (C=O) groups is 1. The number of nitrogens with two attached hydrogens (primary N) is 1. The van der Waals surface area contributed by atoms with Crippen LogP contribution < -0.4 is 10.5 Å². The SMILES string of the molecule is Cc1cccc(S(=O)(=O)N2CC[C@H](Oc3ccc(F)cc3)[C@@H](CC(N)=O)C2)c1. The zero-order valence-electron chi connectivity index (χ0n) is 15.5. The quantitative estimate of drug-likeness (QED) is 0.798. The molecule has 0 spiro atoms. The molecule has 2 N–H and O–H groups in total. The van der Waals surface area contributed by atoms with Gasteiger partial charge in [0.1, 0.15) is 17.7 Å². The lowest BCUT2D eigenvalue weighted by atomic mass is 9.92. The van der Waals surface area contributed by atoms with Gasteiger partial charge < -0.3 is 10.5 Å². The van der Waals surface area contributed by atoms with Gasteiger partial charge in [0.15, 0.2) is 0 Å². The molecule has 0 aromatic heterocycles. The minimum Gasteiger partial charge on any atom is -0.490 e. The summed E-state index contributed by atoms with van der Waals surface area (Å²) < 4.78 is 46.4. The largest absolute Gasteiger partial charge is 0.490 e. The molecular weight excluding hydrogens is 383 g/mol. The van der Waals surface area contributed by atoms with Crippen molar-refractivity contribution in [2.24, 2.45) is 11.7 Å². The van der Waals surface area contributed by atoms with Crippen molar-refractivity contribution in [1.82, 2.24) is 4.31 Å². The van der Waals surface area contributed by atoms with Crippen LogP contribution in [0.4, 0.5) is 4.39 Å². The number of benzene rings is 2. The molecule has 6 nitrogen and oxygen atoms in total. The van der Waals surface area contributed by atoms with E-state index in [9.17, 15) is 17.6 Å². The first-order valence-corrected chi connectivity index (χ1v) is 10.5. The standard InChI is InChI=1S/C20H23FN2O4S/c1-14-3-2-4-18(11-14)28(25,26)23-10-9-19(15(13-23)12-20(22)24)27-17-7-5-16(21)6-8-17/h2-8,11,15,19H,9-10,12-13H2,1H3,(H2,22,24)/t15-,19-/m0/s1. The number of ether oxygens (including phenoxy) is 1. The summed E-state index contributed by atoms with van der Waals surface area (Å²) in [6, 6.07) is 12.3. The van der Waals surface area contributed by atoms with Crippen LogP contribution in [0.5, 0.6) is 5.75 Å². The van der Waals surface area contributed by atoms with Crippen LogP contribution in [0.15, 0.2) is 53.4 Å². The Morgan fingerprint density at radius 2 is 1.96 bits per heavy atom.